The Bertz CT molecular complexity index is 1090. The third-order valence-electron chi connectivity index (χ3n) is 6.47. The number of methoxy groups -OCH3 is 1. The van der Waals surface area contributed by atoms with E-state index in [9.17, 15) is 4.79 Å². The van der Waals surface area contributed by atoms with Crippen LogP contribution in [0.1, 0.15) is 42.4 Å². The Morgan fingerprint density at radius 3 is 2.68 bits per heavy atom. The van der Waals surface area contributed by atoms with Crippen molar-refractivity contribution in [1.29, 1.82) is 0 Å². The molecule has 5 nitrogen and oxygen atoms in total. The van der Waals surface area contributed by atoms with Gasteiger partial charge in [0.15, 0.2) is 11.5 Å². The van der Waals surface area contributed by atoms with E-state index in [-0.39, 0.29) is 12.0 Å². The Labute approximate surface area is 182 Å². The van der Waals surface area contributed by atoms with Gasteiger partial charge in [0.25, 0.3) is 0 Å². The molecule has 0 saturated heterocycles. The molecule has 0 spiro atoms. The molecule has 1 aromatic heterocycles. The summed E-state index contributed by atoms with van der Waals surface area (Å²) in [6.07, 6.45) is 8.77. The number of pyridine rings is 1. The first-order valence-electron chi connectivity index (χ1n) is 10.9. The van der Waals surface area contributed by atoms with Crippen molar-refractivity contribution in [3.63, 3.8) is 0 Å². The van der Waals surface area contributed by atoms with Crippen LogP contribution in [0.25, 0.3) is 0 Å². The number of amides is 1. The van der Waals surface area contributed by atoms with E-state index in [1.54, 1.807) is 13.3 Å². The molecule has 0 bridgehead atoms. The summed E-state index contributed by atoms with van der Waals surface area (Å²) >= 11 is 0. The molecule has 1 saturated carbocycles. The van der Waals surface area contributed by atoms with Crippen LogP contribution < -0.4 is 14.8 Å². The summed E-state index contributed by atoms with van der Waals surface area (Å²) < 4.78 is 11.9. The molecule has 1 aliphatic heterocycles. The van der Waals surface area contributed by atoms with Crippen LogP contribution in [0.3, 0.4) is 0 Å². The van der Waals surface area contributed by atoms with Crippen molar-refractivity contribution in [2.45, 2.75) is 43.6 Å². The molecule has 1 amide bonds. The number of nitrogens with one attached hydrogen (secondary N) is 1. The molecule has 0 radical (unpaired) electrons. The van der Waals surface area contributed by atoms with E-state index in [4.69, 9.17) is 9.47 Å². The second-order valence-electron chi connectivity index (χ2n) is 8.33. The van der Waals surface area contributed by atoms with E-state index in [0.717, 1.165) is 35.2 Å². The van der Waals surface area contributed by atoms with Gasteiger partial charge in [-0.2, -0.15) is 0 Å². The quantitative estimate of drug-likeness (QED) is 0.624. The summed E-state index contributed by atoms with van der Waals surface area (Å²) in [6.45, 7) is 0. The highest BCUT2D eigenvalue weighted by atomic mass is 16.5. The number of anilines is 1. The summed E-state index contributed by atoms with van der Waals surface area (Å²) in [6, 6.07) is 17.7. The van der Waals surface area contributed by atoms with Gasteiger partial charge in [-0.1, -0.05) is 30.3 Å². The van der Waals surface area contributed by atoms with Crippen molar-refractivity contribution >= 4 is 11.6 Å². The molecule has 2 heterocycles. The van der Waals surface area contributed by atoms with Gasteiger partial charge in [0.1, 0.15) is 5.41 Å². The fourth-order valence-electron chi connectivity index (χ4n) is 4.91. The first-order valence-corrected chi connectivity index (χ1v) is 10.9. The molecule has 1 aliphatic carbocycles. The number of carbonyl (C=O) groups is 1. The maximum absolute atomic E-state index is 13.6. The minimum absolute atomic E-state index is 0.0328. The lowest BCUT2D eigenvalue weighted by Gasteiger charge is -2.29. The molecule has 5 rings (SSSR count). The topological polar surface area (TPSA) is 60.5 Å². The van der Waals surface area contributed by atoms with Crippen LogP contribution in [0.2, 0.25) is 0 Å². The van der Waals surface area contributed by atoms with Gasteiger partial charge in [0.05, 0.1) is 13.2 Å². The van der Waals surface area contributed by atoms with Crippen LogP contribution in [0, 0.1) is 0 Å². The monoisotopic (exact) mass is 414 g/mol. The van der Waals surface area contributed by atoms with E-state index >= 15 is 0 Å². The Balaban J connectivity index is 1.65. The van der Waals surface area contributed by atoms with Gasteiger partial charge in [-0.15, -0.1) is 0 Å². The SMILES string of the molecule is COc1ccc(C2(Cc3cccnc3)C(=O)Nc3ccccc32)cc1OC1CCCC1. The summed E-state index contributed by atoms with van der Waals surface area (Å²) in [5.74, 6) is 1.36. The number of hydrogen-bond donors (Lipinski definition) is 1. The molecule has 1 fully saturated rings. The first kappa shape index (κ1) is 19.6. The molecule has 3 aromatic rings. The first-order chi connectivity index (χ1) is 15.2. The molecule has 2 aromatic carbocycles. The highest BCUT2D eigenvalue weighted by Crippen LogP contribution is 2.47. The molecule has 2 aliphatic rings. The summed E-state index contributed by atoms with van der Waals surface area (Å²) in [5, 5.41) is 3.10. The van der Waals surface area contributed by atoms with Crippen LogP contribution in [-0.4, -0.2) is 24.1 Å². The number of ether oxygens (including phenoxy) is 2. The third-order valence-corrected chi connectivity index (χ3v) is 6.47. The van der Waals surface area contributed by atoms with Gasteiger partial charge < -0.3 is 14.8 Å². The summed E-state index contributed by atoms with van der Waals surface area (Å²) in [7, 11) is 1.65. The number of nitrogens with zero attached hydrogens (tertiary/aromatic N) is 1. The van der Waals surface area contributed by atoms with E-state index in [0.29, 0.717) is 17.9 Å². The highest BCUT2D eigenvalue weighted by molar-refractivity contribution is 6.09. The lowest BCUT2D eigenvalue weighted by Crippen LogP contribution is -2.38. The average Bonchev–Trinajstić information content (AvgIpc) is 3.41. The fourth-order valence-corrected chi connectivity index (χ4v) is 4.91. The normalized spacial score (nSPS) is 20.4. The zero-order chi connectivity index (χ0) is 21.3. The van der Waals surface area contributed by atoms with Crippen molar-refractivity contribution in [2.75, 3.05) is 12.4 Å². The smallest absolute Gasteiger partial charge is 0.239 e. The van der Waals surface area contributed by atoms with Gasteiger partial charge >= 0.3 is 0 Å². The van der Waals surface area contributed by atoms with Gasteiger partial charge in [0, 0.05) is 18.1 Å². The average molecular weight is 415 g/mol. The maximum Gasteiger partial charge on any atom is 0.239 e. The lowest BCUT2D eigenvalue weighted by molar-refractivity contribution is -0.119. The van der Waals surface area contributed by atoms with Crippen molar-refractivity contribution in [1.82, 2.24) is 4.98 Å². The molecule has 158 valence electrons. The van der Waals surface area contributed by atoms with Crippen LogP contribution >= 0.6 is 0 Å². The molecular formula is C26H26N2O3. The third kappa shape index (κ3) is 3.44. The van der Waals surface area contributed by atoms with E-state index in [2.05, 4.69) is 10.3 Å². The van der Waals surface area contributed by atoms with Crippen molar-refractivity contribution in [2.24, 2.45) is 0 Å². The van der Waals surface area contributed by atoms with Crippen molar-refractivity contribution in [3.8, 4) is 11.5 Å². The van der Waals surface area contributed by atoms with E-state index < -0.39 is 5.41 Å². The number of benzene rings is 2. The van der Waals surface area contributed by atoms with Gasteiger partial charge in [-0.3, -0.25) is 9.78 Å². The molecule has 1 atom stereocenters. The summed E-state index contributed by atoms with van der Waals surface area (Å²) in [4.78, 5) is 17.8. The van der Waals surface area contributed by atoms with Crippen molar-refractivity contribution < 1.29 is 14.3 Å². The number of rotatable bonds is 6. The lowest BCUT2D eigenvalue weighted by atomic mass is 9.71. The Hall–Kier alpha value is -3.34. The predicted molar refractivity (Wildman–Crippen MR) is 120 cm³/mol. The number of para-hydroxylation sites is 1. The minimum atomic E-state index is -0.861. The molecular weight excluding hydrogens is 388 g/mol. The Morgan fingerprint density at radius 1 is 1.06 bits per heavy atom. The Kier molecular flexibility index (Phi) is 5.10. The van der Waals surface area contributed by atoms with Gasteiger partial charge in [-0.25, -0.2) is 0 Å². The van der Waals surface area contributed by atoms with Gasteiger partial charge in [-0.05, 0) is 73.1 Å². The molecule has 1 unspecified atom stereocenters. The van der Waals surface area contributed by atoms with Crippen LogP contribution in [0.15, 0.2) is 67.0 Å². The fraction of sp³-hybridized carbons (Fsp3) is 0.308. The van der Waals surface area contributed by atoms with Gasteiger partial charge in [0.2, 0.25) is 5.91 Å². The second kappa shape index (κ2) is 8.06. The molecule has 31 heavy (non-hydrogen) atoms. The zero-order valence-corrected chi connectivity index (χ0v) is 17.6. The number of aromatic nitrogens is 1. The minimum Gasteiger partial charge on any atom is -0.493 e. The highest BCUT2D eigenvalue weighted by Gasteiger charge is 2.48. The van der Waals surface area contributed by atoms with Crippen LogP contribution in [0.4, 0.5) is 5.69 Å². The largest absolute Gasteiger partial charge is 0.493 e. The molecule has 5 heteroatoms. The number of fused-ring (bicyclic) bond motifs is 1. The van der Waals surface area contributed by atoms with Crippen LogP contribution in [0.5, 0.6) is 11.5 Å². The second-order valence-corrected chi connectivity index (χ2v) is 8.33. The van der Waals surface area contributed by atoms with Crippen molar-refractivity contribution in [3.05, 3.63) is 83.7 Å². The Morgan fingerprint density at radius 2 is 1.90 bits per heavy atom. The molecule has 1 N–H and O–H groups in total. The van der Waals surface area contributed by atoms with E-state index in [1.807, 2.05) is 60.8 Å². The number of carbonyl (C=O) groups excluding carboxylic acids is 1. The zero-order valence-electron chi connectivity index (χ0n) is 17.6. The maximum atomic E-state index is 13.6. The summed E-state index contributed by atoms with van der Waals surface area (Å²) in [5.41, 5.74) is 2.86. The number of hydrogen-bond acceptors (Lipinski definition) is 4. The van der Waals surface area contributed by atoms with E-state index in [1.165, 1.54) is 12.8 Å². The van der Waals surface area contributed by atoms with Crippen LogP contribution in [-0.2, 0) is 16.6 Å². The predicted octanol–water partition coefficient (Wildman–Crippen LogP) is 4.89. The standard InChI is InChI=1S/C26H26N2O3/c1-30-23-13-12-19(15-24(23)31-20-8-2-3-9-20)26(16-18-7-6-14-27-17-18)21-10-4-5-11-22(21)28-25(26)29/h4-7,10-15,17,20H,2-3,8-9,16H2,1H3,(H,28,29).